The Hall–Kier alpha value is -1.35. The Morgan fingerprint density at radius 3 is 2.42 bits per heavy atom. The van der Waals surface area contributed by atoms with Crippen LogP contribution in [0.2, 0.25) is 0 Å². The summed E-state index contributed by atoms with van der Waals surface area (Å²) in [4.78, 5) is 14.5. The average molecular weight is 260 g/mol. The van der Waals surface area contributed by atoms with Crippen molar-refractivity contribution in [2.45, 2.75) is 32.7 Å². The number of nitrogens with zero attached hydrogens (tertiary/aromatic N) is 1. The van der Waals surface area contributed by atoms with E-state index in [1.807, 2.05) is 19.0 Å². The first-order chi connectivity index (χ1) is 9.07. The lowest BCUT2D eigenvalue weighted by Crippen LogP contribution is -2.51. The van der Waals surface area contributed by atoms with E-state index >= 15 is 0 Å². The Morgan fingerprint density at radius 1 is 1.32 bits per heavy atom. The molecule has 0 aromatic heterocycles. The highest BCUT2D eigenvalue weighted by molar-refractivity contribution is 5.83. The van der Waals surface area contributed by atoms with Crippen LogP contribution >= 0.6 is 0 Å². The van der Waals surface area contributed by atoms with Crippen LogP contribution in [-0.4, -0.2) is 31.4 Å². The van der Waals surface area contributed by atoms with Crippen molar-refractivity contribution in [1.82, 2.24) is 10.2 Å². The van der Waals surface area contributed by atoms with Crippen molar-refractivity contribution in [1.29, 1.82) is 0 Å². The van der Waals surface area contributed by atoms with Crippen molar-refractivity contribution < 1.29 is 4.79 Å². The molecule has 0 unspecified atom stereocenters. The summed E-state index contributed by atoms with van der Waals surface area (Å²) in [5, 5.41) is 3.17. The standard InChI is InChI=1S/C16H24N2O/c1-13-5-7-14(8-6-13)11-18(3)15(19)16(12-17-2)9-4-10-16/h5-8,17H,4,9-12H2,1-3H3. The van der Waals surface area contributed by atoms with Gasteiger partial charge in [-0.05, 0) is 32.4 Å². The molecular formula is C16H24N2O. The van der Waals surface area contributed by atoms with Crippen LogP contribution in [0.15, 0.2) is 24.3 Å². The van der Waals surface area contributed by atoms with Crippen LogP contribution in [0.4, 0.5) is 0 Å². The normalized spacial score (nSPS) is 16.8. The minimum absolute atomic E-state index is 0.145. The van der Waals surface area contributed by atoms with Crippen molar-refractivity contribution in [3.05, 3.63) is 35.4 Å². The molecule has 1 aromatic carbocycles. The lowest BCUT2D eigenvalue weighted by Gasteiger charge is -2.42. The van der Waals surface area contributed by atoms with Crippen LogP contribution < -0.4 is 5.32 Å². The molecule has 1 aliphatic carbocycles. The quantitative estimate of drug-likeness (QED) is 0.881. The molecule has 1 saturated carbocycles. The molecule has 2 rings (SSSR count). The monoisotopic (exact) mass is 260 g/mol. The van der Waals surface area contributed by atoms with Gasteiger partial charge >= 0.3 is 0 Å². The summed E-state index contributed by atoms with van der Waals surface area (Å²) in [5.74, 6) is 0.286. The molecular weight excluding hydrogens is 236 g/mol. The average Bonchev–Trinajstić information content (AvgIpc) is 2.35. The van der Waals surface area contributed by atoms with E-state index in [-0.39, 0.29) is 11.3 Å². The number of carbonyl (C=O) groups is 1. The second kappa shape index (κ2) is 5.74. The summed E-state index contributed by atoms with van der Waals surface area (Å²) in [7, 11) is 3.84. The first-order valence-corrected chi connectivity index (χ1v) is 7.03. The highest BCUT2D eigenvalue weighted by Gasteiger charge is 2.44. The molecule has 1 aromatic rings. The molecule has 0 aliphatic heterocycles. The molecule has 0 bridgehead atoms. The van der Waals surface area contributed by atoms with Gasteiger partial charge in [0, 0.05) is 20.1 Å². The van der Waals surface area contributed by atoms with Gasteiger partial charge in [0.2, 0.25) is 5.91 Å². The Labute approximate surface area is 116 Å². The third-order valence-electron chi connectivity index (χ3n) is 4.17. The van der Waals surface area contributed by atoms with Gasteiger partial charge in [-0.1, -0.05) is 36.2 Å². The number of hydrogen-bond donors (Lipinski definition) is 1. The van der Waals surface area contributed by atoms with E-state index in [2.05, 4.69) is 36.5 Å². The lowest BCUT2D eigenvalue weighted by molar-refractivity contribution is -0.146. The first-order valence-electron chi connectivity index (χ1n) is 7.03. The Bertz CT molecular complexity index is 435. The van der Waals surface area contributed by atoms with Crippen LogP contribution in [-0.2, 0) is 11.3 Å². The second-order valence-electron chi connectivity index (χ2n) is 5.81. The molecule has 19 heavy (non-hydrogen) atoms. The largest absolute Gasteiger partial charge is 0.341 e. The van der Waals surface area contributed by atoms with Gasteiger partial charge in [-0.25, -0.2) is 0 Å². The van der Waals surface area contributed by atoms with Gasteiger partial charge in [-0.15, -0.1) is 0 Å². The van der Waals surface area contributed by atoms with Gasteiger partial charge in [-0.3, -0.25) is 4.79 Å². The van der Waals surface area contributed by atoms with Crippen LogP contribution in [0.25, 0.3) is 0 Å². The van der Waals surface area contributed by atoms with Gasteiger partial charge in [0.05, 0.1) is 5.41 Å². The third kappa shape index (κ3) is 2.98. The summed E-state index contributed by atoms with van der Waals surface area (Å²) in [6.07, 6.45) is 3.21. The summed E-state index contributed by atoms with van der Waals surface area (Å²) in [5.41, 5.74) is 2.30. The summed E-state index contributed by atoms with van der Waals surface area (Å²) >= 11 is 0. The van der Waals surface area contributed by atoms with Crippen molar-refractivity contribution >= 4 is 5.91 Å². The minimum atomic E-state index is -0.145. The van der Waals surface area contributed by atoms with E-state index in [0.717, 1.165) is 19.4 Å². The fourth-order valence-corrected chi connectivity index (χ4v) is 2.85. The van der Waals surface area contributed by atoms with Crippen LogP contribution in [0, 0.1) is 12.3 Å². The molecule has 0 spiro atoms. The van der Waals surface area contributed by atoms with Gasteiger partial charge in [-0.2, -0.15) is 0 Å². The molecule has 1 fully saturated rings. The lowest BCUT2D eigenvalue weighted by atomic mass is 9.67. The summed E-state index contributed by atoms with van der Waals surface area (Å²) < 4.78 is 0. The van der Waals surface area contributed by atoms with Crippen molar-refractivity contribution in [2.24, 2.45) is 5.41 Å². The predicted octanol–water partition coefficient (Wildman–Crippen LogP) is 2.34. The van der Waals surface area contributed by atoms with Gasteiger partial charge < -0.3 is 10.2 Å². The Kier molecular flexibility index (Phi) is 4.25. The molecule has 3 nitrogen and oxygen atoms in total. The summed E-state index contributed by atoms with van der Waals surface area (Å²) in [6, 6.07) is 8.40. The first kappa shape index (κ1) is 14.1. The van der Waals surface area contributed by atoms with E-state index in [4.69, 9.17) is 0 Å². The zero-order valence-corrected chi connectivity index (χ0v) is 12.2. The number of hydrogen-bond acceptors (Lipinski definition) is 2. The smallest absolute Gasteiger partial charge is 0.230 e. The zero-order valence-electron chi connectivity index (χ0n) is 12.2. The SMILES string of the molecule is CNCC1(C(=O)N(C)Cc2ccc(C)cc2)CCC1. The zero-order chi connectivity index (χ0) is 13.9. The highest BCUT2D eigenvalue weighted by Crippen LogP contribution is 2.41. The highest BCUT2D eigenvalue weighted by atomic mass is 16.2. The summed E-state index contributed by atoms with van der Waals surface area (Å²) in [6.45, 7) is 3.57. The number of aryl methyl sites for hydroxylation is 1. The maximum Gasteiger partial charge on any atom is 0.230 e. The van der Waals surface area contributed by atoms with Crippen molar-refractivity contribution in [2.75, 3.05) is 20.6 Å². The fourth-order valence-electron chi connectivity index (χ4n) is 2.85. The molecule has 1 N–H and O–H groups in total. The second-order valence-corrected chi connectivity index (χ2v) is 5.81. The molecule has 104 valence electrons. The van der Waals surface area contributed by atoms with Crippen LogP contribution in [0.5, 0.6) is 0 Å². The molecule has 1 amide bonds. The van der Waals surface area contributed by atoms with Crippen LogP contribution in [0.3, 0.4) is 0 Å². The van der Waals surface area contributed by atoms with Crippen molar-refractivity contribution in [3.63, 3.8) is 0 Å². The van der Waals surface area contributed by atoms with E-state index in [1.165, 1.54) is 17.5 Å². The van der Waals surface area contributed by atoms with E-state index in [1.54, 1.807) is 0 Å². The van der Waals surface area contributed by atoms with E-state index in [0.29, 0.717) is 6.54 Å². The molecule has 0 saturated heterocycles. The molecule has 0 heterocycles. The molecule has 0 atom stereocenters. The number of benzene rings is 1. The number of nitrogens with one attached hydrogen (secondary N) is 1. The van der Waals surface area contributed by atoms with Gasteiger partial charge in [0.1, 0.15) is 0 Å². The third-order valence-corrected chi connectivity index (χ3v) is 4.17. The van der Waals surface area contributed by atoms with Gasteiger partial charge in [0.15, 0.2) is 0 Å². The Balaban J connectivity index is 2.00. The van der Waals surface area contributed by atoms with Crippen LogP contribution in [0.1, 0.15) is 30.4 Å². The van der Waals surface area contributed by atoms with E-state index in [9.17, 15) is 4.79 Å². The fraction of sp³-hybridized carbons (Fsp3) is 0.562. The maximum absolute atomic E-state index is 12.6. The van der Waals surface area contributed by atoms with Crippen molar-refractivity contribution in [3.8, 4) is 0 Å². The molecule has 0 radical (unpaired) electrons. The number of amides is 1. The van der Waals surface area contributed by atoms with E-state index < -0.39 is 0 Å². The maximum atomic E-state index is 12.6. The molecule has 3 heteroatoms. The minimum Gasteiger partial charge on any atom is -0.341 e. The molecule has 1 aliphatic rings. The number of rotatable bonds is 5. The number of carbonyl (C=O) groups excluding carboxylic acids is 1. The van der Waals surface area contributed by atoms with Gasteiger partial charge in [0.25, 0.3) is 0 Å². The Morgan fingerprint density at radius 2 is 1.95 bits per heavy atom. The predicted molar refractivity (Wildman–Crippen MR) is 77.9 cm³/mol. The topological polar surface area (TPSA) is 32.3 Å².